The van der Waals surface area contributed by atoms with Crippen molar-refractivity contribution in [2.24, 2.45) is 10.7 Å². The van der Waals surface area contributed by atoms with Gasteiger partial charge >= 0.3 is 0 Å². The smallest absolute Gasteiger partial charge is 0.0993 e. The third kappa shape index (κ3) is 2.58. The zero-order valence-electron chi connectivity index (χ0n) is 8.46. The van der Waals surface area contributed by atoms with Crippen LogP contribution in [0, 0.1) is 13.8 Å². The largest absolute Gasteiger partial charge is 0.387 e. The lowest BCUT2D eigenvalue weighted by atomic mass is 10.1. The summed E-state index contributed by atoms with van der Waals surface area (Å²) < 4.78 is 0. The molecule has 2 N–H and O–H groups in total. The molecule has 0 saturated carbocycles. The molecular formula is C11H16N2. The lowest BCUT2D eigenvalue weighted by Gasteiger charge is -2.01. The Morgan fingerprint density at radius 3 is 2.54 bits per heavy atom. The SMILES string of the molecule is CCC(N)=Nc1ccc(C)c(C)c1. The summed E-state index contributed by atoms with van der Waals surface area (Å²) in [6.07, 6.45) is 0.799. The third-order valence-corrected chi connectivity index (χ3v) is 2.13. The van der Waals surface area contributed by atoms with Crippen molar-refractivity contribution in [3.63, 3.8) is 0 Å². The van der Waals surface area contributed by atoms with E-state index in [1.807, 2.05) is 13.0 Å². The van der Waals surface area contributed by atoms with Gasteiger partial charge in [-0.05, 0) is 37.1 Å². The highest BCUT2D eigenvalue weighted by atomic mass is 14.8. The molecule has 0 bridgehead atoms. The first-order chi connectivity index (χ1) is 6.13. The van der Waals surface area contributed by atoms with Crippen LogP contribution in [0.2, 0.25) is 0 Å². The molecule has 13 heavy (non-hydrogen) atoms. The number of nitrogens with two attached hydrogens (primary N) is 1. The van der Waals surface area contributed by atoms with Crippen LogP contribution in [0.1, 0.15) is 24.5 Å². The van der Waals surface area contributed by atoms with E-state index in [1.54, 1.807) is 0 Å². The Morgan fingerprint density at radius 2 is 2.00 bits per heavy atom. The highest BCUT2D eigenvalue weighted by Crippen LogP contribution is 2.16. The summed E-state index contributed by atoms with van der Waals surface area (Å²) in [4.78, 5) is 4.27. The molecule has 0 fully saturated rings. The minimum Gasteiger partial charge on any atom is -0.387 e. The zero-order valence-corrected chi connectivity index (χ0v) is 8.46. The summed E-state index contributed by atoms with van der Waals surface area (Å²) in [6, 6.07) is 6.11. The van der Waals surface area contributed by atoms with Crippen molar-refractivity contribution in [3.05, 3.63) is 29.3 Å². The number of nitrogens with zero attached hydrogens (tertiary/aromatic N) is 1. The Kier molecular flexibility index (Phi) is 3.07. The Labute approximate surface area is 79.5 Å². The number of aryl methyl sites for hydroxylation is 2. The van der Waals surface area contributed by atoms with E-state index in [0.717, 1.165) is 12.1 Å². The summed E-state index contributed by atoms with van der Waals surface area (Å²) in [5.41, 5.74) is 9.13. The van der Waals surface area contributed by atoms with E-state index in [0.29, 0.717) is 5.84 Å². The zero-order chi connectivity index (χ0) is 9.84. The second kappa shape index (κ2) is 4.08. The maximum absolute atomic E-state index is 5.64. The van der Waals surface area contributed by atoms with Gasteiger partial charge in [0.25, 0.3) is 0 Å². The van der Waals surface area contributed by atoms with Gasteiger partial charge in [0, 0.05) is 6.42 Å². The Hall–Kier alpha value is -1.31. The number of rotatable bonds is 2. The molecule has 0 saturated heterocycles. The summed E-state index contributed by atoms with van der Waals surface area (Å²) in [5.74, 6) is 0.684. The maximum Gasteiger partial charge on any atom is 0.0993 e. The lowest BCUT2D eigenvalue weighted by Crippen LogP contribution is -2.08. The molecule has 2 heteroatoms. The molecule has 70 valence electrons. The van der Waals surface area contributed by atoms with Gasteiger partial charge in [-0.2, -0.15) is 0 Å². The Balaban J connectivity index is 2.98. The van der Waals surface area contributed by atoms with Crippen molar-refractivity contribution < 1.29 is 0 Å². The van der Waals surface area contributed by atoms with Crippen LogP contribution in [0.3, 0.4) is 0 Å². The van der Waals surface area contributed by atoms with Crippen LogP contribution in [0.25, 0.3) is 0 Å². The van der Waals surface area contributed by atoms with Gasteiger partial charge in [-0.15, -0.1) is 0 Å². The van der Waals surface area contributed by atoms with Crippen LogP contribution in [0.4, 0.5) is 5.69 Å². The first kappa shape index (κ1) is 9.78. The molecule has 1 aromatic rings. The number of hydrogen-bond acceptors (Lipinski definition) is 1. The van der Waals surface area contributed by atoms with Gasteiger partial charge in [0.1, 0.15) is 0 Å². The maximum atomic E-state index is 5.64. The molecule has 0 aliphatic carbocycles. The minimum atomic E-state index is 0.684. The molecule has 0 unspecified atom stereocenters. The van der Waals surface area contributed by atoms with Crippen LogP contribution in [-0.4, -0.2) is 5.84 Å². The first-order valence-corrected chi connectivity index (χ1v) is 4.53. The summed E-state index contributed by atoms with van der Waals surface area (Å²) >= 11 is 0. The van der Waals surface area contributed by atoms with Crippen molar-refractivity contribution in [1.29, 1.82) is 0 Å². The molecule has 1 rings (SSSR count). The predicted octanol–water partition coefficient (Wildman–Crippen LogP) is 2.70. The molecule has 0 spiro atoms. The van der Waals surface area contributed by atoms with Crippen molar-refractivity contribution in [3.8, 4) is 0 Å². The van der Waals surface area contributed by atoms with Gasteiger partial charge in [0.05, 0.1) is 11.5 Å². The van der Waals surface area contributed by atoms with Crippen LogP contribution < -0.4 is 5.73 Å². The second-order valence-corrected chi connectivity index (χ2v) is 3.23. The van der Waals surface area contributed by atoms with Crippen molar-refractivity contribution >= 4 is 11.5 Å². The molecular weight excluding hydrogens is 160 g/mol. The first-order valence-electron chi connectivity index (χ1n) is 4.53. The molecule has 1 aromatic carbocycles. The fraction of sp³-hybridized carbons (Fsp3) is 0.364. The molecule has 0 radical (unpaired) electrons. The standard InChI is InChI=1S/C11H16N2/c1-4-11(12)13-10-6-5-8(2)9(3)7-10/h5-7H,4H2,1-3H3,(H2,12,13). The van der Waals surface area contributed by atoms with Gasteiger partial charge in [0.2, 0.25) is 0 Å². The highest BCUT2D eigenvalue weighted by Gasteiger charge is 1.94. The van der Waals surface area contributed by atoms with E-state index in [4.69, 9.17) is 5.73 Å². The van der Waals surface area contributed by atoms with Crippen molar-refractivity contribution in [2.45, 2.75) is 27.2 Å². The number of benzene rings is 1. The van der Waals surface area contributed by atoms with E-state index >= 15 is 0 Å². The van der Waals surface area contributed by atoms with Crippen LogP contribution >= 0.6 is 0 Å². The topological polar surface area (TPSA) is 38.4 Å². The van der Waals surface area contributed by atoms with Gasteiger partial charge in [0.15, 0.2) is 0 Å². The fourth-order valence-electron chi connectivity index (χ4n) is 1.04. The molecule has 0 atom stereocenters. The molecule has 0 aliphatic rings. The van der Waals surface area contributed by atoms with Crippen LogP contribution in [0.5, 0.6) is 0 Å². The summed E-state index contributed by atoms with van der Waals surface area (Å²) in [6.45, 7) is 6.17. The van der Waals surface area contributed by atoms with E-state index in [2.05, 4.69) is 31.0 Å². The van der Waals surface area contributed by atoms with E-state index in [-0.39, 0.29) is 0 Å². The number of aliphatic imine (C=N–C) groups is 1. The molecule has 2 nitrogen and oxygen atoms in total. The van der Waals surface area contributed by atoms with Gasteiger partial charge in [-0.25, -0.2) is 4.99 Å². The van der Waals surface area contributed by atoms with Crippen LogP contribution in [-0.2, 0) is 0 Å². The average Bonchev–Trinajstić information content (AvgIpc) is 2.11. The Bertz CT molecular complexity index is 327. The summed E-state index contributed by atoms with van der Waals surface area (Å²) in [5, 5.41) is 0. The monoisotopic (exact) mass is 176 g/mol. The van der Waals surface area contributed by atoms with E-state index in [1.165, 1.54) is 11.1 Å². The van der Waals surface area contributed by atoms with Crippen molar-refractivity contribution in [2.75, 3.05) is 0 Å². The molecule has 0 amide bonds. The third-order valence-electron chi connectivity index (χ3n) is 2.13. The normalized spacial score (nSPS) is 11.8. The summed E-state index contributed by atoms with van der Waals surface area (Å²) in [7, 11) is 0. The number of amidine groups is 1. The lowest BCUT2D eigenvalue weighted by molar-refractivity contribution is 1.23. The van der Waals surface area contributed by atoms with E-state index in [9.17, 15) is 0 Å². The quantitative estimate of drug-likeness (QED) is 0.546. The molecule has 0 aliphatic heterocycles. The predicted molar refractivity (Wildman–Crippen MR) is 57.5 cm³/mol. The number of hydrogen-bond donors (Lipinski definition) is 1. The van der Waals surface area contributed by atoms with E-state index < -0.39 is 0 Å². The average molecular weight is 176 g/mol. The van der Waals surface area contributed by atoms with Gasteiger partial charge < -0.3 is 5.73 Å². The fourth-order valence-corrected chi connectivity index (χ4v) is 1.04. The minimum absolute atomic E-state index is 0.684. The van der Waals surface area contributed by atoms with Gasteiger partial charge in [-0.3, -0.25) is 0 Å². The second-order valence-electron chi connectivity index (χ2n) is 3.23. The van der Waals surface area contributed by atoms with Crippen molar-refractivity contribution in [1.82, 2.24) is 0 Å². The van der Waals surface area contributed by atoms with Crippen LogP contribution in [0.15, 0.2) is 23.2 Å². The van der Waals surface area contributed by atoms with Gasteiger partial charge in [-0.1, -0.05) is 13.0 Å². The highest BCUT2D eigenvalue weighted by molar-refractivity contribution is 5.82. The molecule has 0 aromatic heterocycles. The molecule has 0 heterocycles. The Morgan fingerprint density at radius 1 is 1.31 bits per heavy atom.